The van der Waals surface area contributed by atoms with Crippen LogP contribution in [-0.4, -0.2) is 42.1 Å². The number of hydrogen-bond acceptors (Lipinski definition) is 7. The quantitative estimate of drug-likeness (QED) is 0.287. The van der Waals surface area contributed by atoms with E-state index in [1.807, 2.05) is 0 Å². The highest BCUT2D eigenvalue weighted by Gasteiger charge is 2.25. The number of nitro benzene ring substituents is 1. The molecule has 0 spiro atoms. The van der Waals surface area contributed by atoms with Gasteiger partial charge < -0.3 is 5.11 Å². The van der Waals surface area contributed by atoms with Crippen molar-refractivity contribution in [3.8, 4) is 5.75 Å². The van der Waals surface area contributed by atoms with Crippen LogP contribution in [0.4, 0.5) is 11.4 Å². The number of phenolic OH excluding ortho intramolecular Hbond substituents is 1. The molecule has 0 amide bonds. The number of nitrogens with one attached hydrogen (secondary N) is 1. The largest absolute Gasteiger partial charge is 0.506 e. The molecule has 0 radical (unpaired) electrons. The Morgan fingerprint density at radius 2 is 1.90 bits per heavy atom. The van der Waals surface area contributed by atoms with Crippen LogP contribution in [-0.2, 0) is 10.0 Å². The third kappa shape index (κ3) is 5.32. The van der Waals surface area contributed by atoms with Gasteiger partial charge in [0, 0.05) is 29.2 Å². The number of nitro groups is 1. The zero-order chi connectivity index (χ0) is 21.8. The van der Waals surface area contributed by atoms with Gasteiger partial charge in [0.15, 0.2) is 0 Å². The minimum atomic E-state index is -3.83. The van der Waals surface area contributed by atoms with Crippen molar-refractivity contribution in [2.45, 2.75) is 18.7 Å². The van der Waals surface area contributed by atoms with E-state index in [0.29, 0.717) is 14.5 Å². The molecule has 0 heterocycles. The monoisotopic (exact) mass is 548 g/mol. The molecule has 12 heteroatoms. The minimum absolute atomic E-state index is 0.0123. The molecule has 0 fully saturated rings. The molecule has 0 aliphatic rings. The van der Waals surface area contributed by atoms with Crippen molar-refractivity contribution in [1.82, 2.24) is 4.31 Å². The van der Waals surface area contributed by atoms with E-state index in [1.165, 1.54) is 22.7 Å². The van der Waals surface area contributed by atoms with Crippen LogP contribution < -0.4 is 5.43 Å². The van der Waals surface area contributed by atoms with E-state index in [1.54, 1.807) is 26.0 Å². The standard InChI is InChI=1S/C17H18Br2N4O5S/c1-3-22(4-2)29(27,28)13-5-6-15(16(9-13)23(25)26)21-20-10-11-7-12(18)8-14(19)17(11)24/h5-10,21,24H,3-4H2,1-2H3/b20-10+. The van der Waals surface area contributed by atoms with Crippen molar-refractivity contribution in [3.63, 3.8) is 0 Å². The number of aromatic hydroxyl groups is 1. The molecule has 2 rings (SSSR count). The number of anilines is 1. The van der Waals surface area contributed by atoms with Gasteiger partial charge in [-0.2, -0.15) is 9.41 Å². The number of hydrazone groups is 1. The summed E-state index contributed by atoms with van der Waals surface area (Å²) >= 11 is 6.49. The number of rotatable bonds is 8. The Balaban J connectivity index is 2.36. The lowest BCUT2D eigenvalue weighted by Crippen LogP contribution is -2.30. The molecule has 2 aromatic carbocycles. The van der Waals surface area contributed by atoms with Crippen LogP contribution in [0.25, 0.3) is 0 Å². The van der Waals surface area contributed by atoms with E-state index in [2.05, 4.69) is 42.4 Å². The minimum Gasteiger partial charge on any atom is -0.506 e. The third-order valence-electron chi connectivity index (χ3n) is 3.96. The fraction of sp³-hybridized carbons (Fsp3) is 0.235. The summed E-state index contributed by atoms with van der Waals surface area (Å²) in [5.74, 6) is -0.0473. The number of benzene rings is 2. The number of halogens is 2. The predicted octanol–water partition coefficient (Wildman–Crippen LogP) is 4.30. The van der Waals surface area contributed by atoms with Gasteiger partial charge in [-0.25, -0.2) is 8.42 Å². The highest BCUT2D eigenvalue weighted by atomic mass is 79.9. The molecule has 2 N–H and O–H groups in total. The Kier molecular flexibility index (Phi) is 7.74. The van der Waals surface area contributed by atoms with Crippen molar-refractivity contribution in [2.24, 2.45) is 5.10 Å². The zero-order valence-corrected chi connectivity index (χ0v) is 19.5. The van der Waals surface area contributed by atoms with Crippen molar-refractivity contribution >= 4 is 59.5 Å². The first-order valence-corrected chi connectivity index (χ1v) is 11.4. The normalized spacial score (nSPS) is 11.9. The van der Waals surface area contributed by atoms with Crippen LogP contribution in [0.1, 0.15) is 19.4 Å². The second-order valence-corrected chi connectivity index (χ2v) is 9.43. The Morgan fingerprint density at radius 1 is 1.24 bits per heavy atom. The summed E-state index contributed by atoms with van der Waals surface area (Å²) in [7, 11) is -3.83. The second kappa shape index (κ2) is 9.65. The van der Waals surface area contributed by atoms with E-state index in [-0.39, 0.29) is 29.4 Å². The molecule has 0 aliphatic heterocycles. The van der Waals surface area contributed by atoms with Gasteiger partial charge in [0.25, 0.3) is 5.69 Å². The molecule has 0 atom stereocenters. The third-order valence-corrected chi connectivity index (χ3v) is 7.06. The van der Waals surface area contributed by atoms with Crippen molar-refractivity contribution in [3.05, 3.63) is 55.0 Å². The van der Waals surface area contributed by atoms with Crippen LogP contribution in [0.15, 0.2) is 49.3 Å². The van der Waals surface area contributed by atoms with E-state index >= 15 is 0 Å². The molecule has 29 heavy (non-hydrogen) atoms. The molecule has 9 nitrogen and oxygen atoms in total. The Morgan fingerprint density at radius 3 is 2.48 bits per heavy atom. The Bertz CT molecular complexity index is 1060. The van der Waals surface area contributed by atoms with Crippen molar-refractivity contribution in [2.75, 3.05) is 18.5 Å². The van der Waals surface area contributed by atoms with Crippen LogP contribution in [0.5, 0.6) is 5.75 Å². The van der Waals surface area contributed by atoms with Gasteiger partial charge in [-0.05, 0) is 40.2 Å². The number of phenols is 1. The molecular weight excluding hydrogens is 532 g/mol. The SMILES string of the molecule is CCN(CC)S(=O)(=O)c1ccc(N/N=C/c2cc(Br)cc(Br)c2O)c([N+](=O)[O-])c1. The highest BCUT2D eigenvalue weighted by Crippen LogP contribution is 2.31. The summed E-state index contributed by atoms with van der Waals surface area (Å²) in [6, 6.07) is 6.83. The molecule has 0 bridgehead atoms. The van der Waals surface area contributed by atoms with Crippen LogP contribution >= 0.6 is 31.9 Å². The topological polar surface area (TPSA) is 125 Å². The van der Waals surface area contributed by atoms with Gasteiger partial charge in [-0.15, -0.1) is 0 Å². The molecule has 0 unspecified atom stereocenters. The predicted molar refractivity (Wildman–Crippen MR) is 118 cm³/mol. The molecule has 0 aliphatic carbocycles. The fourth-order valence-electron chi connectivity index (χ4n) is 2.49. The number of hydrogen-bond donors (Lipinski definition) is 2. The lowest BCUT2D eigenvalue weighted by molar-refractivity contribution is -0.384. The molecule has 0 saturated heterocycles. The van der Waals surface area contributed by atoms with Gasteiger partial charge in [-0.3, -0.25) is 15.5 Å². The van der Waals surface area contributed by atoms with Gasteiger partial charge in [0.1, 0.15) is 11.4 Å². The smallest absolute Gasteiger partial charge is 0.295 e. The second-order valence-electron chi connectivity index (χ2n) is 5.72. The van der Waals surface area contributed by atoms with E-state index in [9.17, 15) is 23.6 Å². The zero-order valence-electron chi connectivity index (χ0n) is 15.5. The van der Waals surface area contributed by atoms with Gasteiger partial charge >= 0.3 is 0 Å². The molecule has 0 saturated carbocycles. The highest BCUT2D eigenvalue weighted by molar-refractivity contribution is 9.11. The molecule has 156 valence electrons. The Hall–Kier alpha value is -2.02. The van der Waals surface area contributed by atoms with Gasteiger partial charge in [0.05, 0.1) is 20.5 Å². The van der Waals surface area contributed by atoms with Crippen molar-refractivity contribution < 1.29 is 18.4 Å². The molecule has 0 aromatic heterocycles. The lowest BCUT2D eigenvalue weighted by Gasteiger charge is -2.18. The first-order valence-electron chi connectivity index (χ1n) is 8.37. The summed E-state index contributed by atoms with van der Waals surface area (Å²) in [6.07, 6.45) is 1.29. The summed E-state index contributed by atoms with van der Waals surface area (Å²) in [5, 5.41) is 25.4. The Labute approximate surface area is 184 Å². The first kappa shape index (κ1) is 23.3. The van der Waals surface area contributed by atoms with E-state index in [4.69, 9.17) is 0 Å². The van der Waals surface area contributed by atoms with Crippen LogP contribution in [0.3, 0.4) is 0 Å². The summed E-state index contributed by atoms with van der Waals surface area (Å²) in [5.41, 5.74) is 2.46. The van der Waals surface area contributed by atoms with Crippen LogP contribution in [0, 0.1) is 10.1 Å². The summed E-state index contributed by atoms with van der Waals surface area (Å²) in [4.78, 5) is 10.6. The fourth-order valence-corrected chi connectivity index (χ4v) is 5.22. The summed E-state index contributed by atoms with van der Waals surface area (Å²) in [6.45, 7) is 3.89. The average molecular weight is 550 g/mol. The van der Waals surface area contributed by atoms with E-state index in [0.717, 1.165) is 6.07 Å². The van der Waals surface area contributed by atoms with Gasteiger partial charge in [-0.1, -0.05) is 29.8 Å². The average Bonchev–Trinajstić information content (AvgIpc) is 2.66. The number of sulfonamides is 1. The first-order chi connectivity index (χ1) is 13.6. The van der Waals surface area contributed by atoms with Crippen LogP contribution in [0.2, 0.25) is 0 Å². The summed E-state index contributed by atoms with van der Waals surface area (Å²) < 4.78 is 27.6. The molecule has 2 aromatic rings. The molecular formula is C17H18Br2N4O5S. The maximum Gasteiger partial charge on any atom is 0.295 e. The van der Waals surface area contributed by atoms with E-state index < -0.39 is 20.6 Å². The van der Waals surface area contributed by atoms with Gasteiger partial charge in [0.2, 0.25) is 10.0 Å². The maximum absolute atomic E-state index is 12.6. The maximum atomic E-state index is 12.6. The van der Waals surface area contributed by atoms with Crippen molar-refractivity contribution in [1.29, 1.82) is 0 Å². The lowest BCUT2D eigenvalue weighted by atomic mass is 10.2. The number of nitrogens with zero attached hydrogens (tertiary/aromatic N) is 3.